The molecule has 0 aliphatic carbocycles. The van der Waals surface area contributed by atoms with Crippen molar-refractivity contribution < 1.29 is 8.78 Å². The Bertz CT molecular complexity index is 303. The van der Waals surface area contributed by atoms with Crippen LogP contribution in [0.5, 0.6) is 0 Å². The lowest BCUT2D eigenvalue weighted by molar-refractivity contribution is 0.152. The monoisotopic (exact) mass is 237 g/mol. The molecule has 0 aliphatic rings. The van der Waals surface area contributed by atoms with Gasteiger partial charge in [-0.3, -0.25) is 0 Å². The van der Waals surface area contributed by atoms with Gasteiger partial charge in [0.05, 0.1) is 10.0 Å². The molecule has 0 bridgehead atoms. The average Bonchev–Trinajstić information content (AvgIpc) is 1.96. The van der Waals surface area contributed by atoms with Gasteiger partial charge in [0.25, 0.3) is 6.43 Å². The highest BCUT2D eigenvalue weighted by molar-refractivity contribution is 9.10. The van der Waals surface area contributed by atoms with Gasteiger partial charge < -0.3 is 11.5 Å². The molecule has 0 aromatic carbocycles. The summed E-state index contributed by atoms with van der Waals surface area (Å²) >= 11 is 2.97. The fourth-order valence-corrected chi connectivity index (χ4v) is 1.04. The number of alkyl halides is 2. The van der Waals surface area contributed by atoms with E-state index >= 15 is 0 Å². The first-order valence-corrected chi connectivity index (χ1v) is 3.81. The molecule has 0 saturated heterocycles. The standard InChI is InChI=1S/C6H6BrF2N3/c7-3-1-2(4(8)9)5(10)12-6(3)11/h1,4H,(H4,10,11,12). The van der Waals surface area contributed by atoms with Crippen LogP contribution >= 0.6 is 15.9 Å². The summed E-state index contributed by atoms with van der Waals surface area (Å²) in [6, 6.07) is 1.17. The zero-order chi connectivity index (χ0) is 9.30. The molecule has 0 amide bonds. The molecule has 0 saturated carbocycles. The Kier molecular flexibility index (Phi) is 2.46. The number of anilines is 2. The molecule has 4 N–H and O–H groups in total. The van der Waals surface area contributed by atoms with Crippen molar-refractivity contribution in [2.45, 2.75) is 6.43 Å². The first-order valence-electron chi connectivity index (χ1n) is 3.02. The van der Waals surface area contributed by atoms with E-state index in [0.717, 1.165) is 0 Å². The quantitative estimate of drug-likeness (QED) is 0.785. The van der Waals surface area contributed by atoms with Crippen LogP contribution in [0.25, 0.3) is 0 Å². The topological polar surface area (TPSA) is 64.9 Å². The molecular formula is C6H6BrF2N3. The molecular weight excluding hydrogens is 232 g/mol. The predicted octanol–water partition coefficient (Wildman–Crippen LogP) is 1.95. The maximum Gasteiger partial charge on any atom is 0.267 e. The molecule has 1 aromatic rings. The van der Waals surface area contributed by atoms with Crippen LogP contribution in [-0.4, -0.2) is 4.98 Å². The Balaban J connectivity index is 3.23. The van der Waals surface area contributed by atoms with Gasteiger partial charge in [-0.1, -0.05) is 0 Å². The minimum Gasteiger partial charge on any atom is -0.383 e. The van der Waals surface area contributed by atoms with Crippen LogP contribution in [0.2, 0.25) is 0 Å². The van der Waals surface area contributed by atoms with Crippen molar-refractivity contribution in [1.82, 2.24) is 4.98 Å². The minimum absolute atomic E-state index is 0.108. The molecule has 1 rings (SSSR count). The largest absolute Gasteiger partial charge is 0.383 e. The van der Waals surface area contributed by atoms with Crippen molar-refractivity contribution >= 4 is 27.6 Å². The first-order chi connectivity index (χ1) is 5.52. The van der Waals surface area contributed by atoms with Gasteiger partial charge in [-0.2, -0.15) is 0 Å². The SMILES string of the molecule is Nc1nc(N)c(C(F)F)cc1Br. The highest BCUT2D eigenvalue weighted by atomic mass is 79.9. The third-order valence-electron chi connectivity index (χ3n) is 1.30. The fourth-order valence-electron chi connectivity index (χ4n) is 0.707. The van der Waals surface area contributed by atoms with E-state index in [4.69, 9.17) is 11.5 Å². The number of nitrogens with zero attached hydrogens (tertiary/aromatic N) is 1. The van der Waals surface area contributed by atoms with E-state index in [0.29, 0.717) is 4.47 Å². The minimum atomic E-state index is -2.63. The fraction of sp³-hybridized carbons (Fsp3) is 0.167. The van der Waals surface area contributed by atoms with Gasteiger partial charge in [0.15, 0.2) is 0 Å². The zero-order valence-corrected chi connectivity index (χ0v) is 7.48. The number of hydrogen-bond acceptors (Lipinski definition) is 3. The third-order valence-corrected chi connectivity index (χ3v) is 1.93. The smallest absolute Gasteiger partial charge is 0.267 e. The Labute approximate surface area is 75.9 Å². The number of nitrogen functional groups attached to an aromatic ring is 2. The van der Waals surface area contributed by atoms with Crippen molar-refractivity contribution in [3.63, 3.8) is 0 Å². The molecule has 0 radical (unpaired) electrons. The summed E-state index contributed by atoms with van der Waals surface area (Å²) in [4.78, 5) is 3.52. The number of aromatic nitrogens is 1. The maximum atomic E-state index is 12.2. The Hall–Kier alpha value is -0.910. The molecule has 0 spiro atoms. The molecule has 0 fully saturated rings. The van der Waals surface area contributed by atoms with E-state index in [1.807, 2.05) is 0 Å². The maximum absolute atomic E-state index is 12.2. The van der Waals surface area contributed by atoms with E-state index in [-0.39, 0.29) is 17.2 Å². The van der Waals surface area contributed by atoms with Gasteiger partial charge in [-0.15, -0.1) is 0 Å². The second-order valence-electron chi connectivity index (χ2n) is 2.13. The molecule has 12 heavy (non-hydrogen) atoms. The summed E-state index contributed by atoms with van der Waals surface area (Å²) in [6.45, 7) is 0. The van der Waals surface area contributed by atoms with E-state index in [9.17, 15) is 8.78 Å². The normalized spacial score (nSPS) is 10.7. The van der Waals surface area contributed by atoms with Gasteiger partial charge in [0.2, 0.25) is 0 Å². The second-order valence-corrected chi connectivity index (χ2v) is 2.98. The van der Waals surface area contributed by atoms with Crippen molar-refractivity contribution in [3.05, 3.63) is 16.1 Å². The summed E-state index contributed by atoms with van der Waals surface area (Å²) in [5, 5.41) is 0. The Morgan fingerprint density at radius 1 is 1.33 bits per heavy atom. The molecule has 66 valence electrons. The van der Waals surface area contributed by atoms with E-state index in [1.54, 1.807) is 0 Å². The summed E-state index contributed by atoms with van der Waals surface area (Å²) < 4.78 is 24.6. The van der Waals surface area contributed by atoms with Crippen LogP contribution < -0.4 is 11.5 Å². The molecule has 3 nitrogen and oxygen atoms in total. The van der Waals surface area contributed by atoms with Gasteiger partial charge in [-0.05, 0) is 22.0 Å². The number of nitrogens with two attached hydrogens (primary N) is 2. The van der Waals surface area contributed by atoms with Crippen LogP contribution in [-0.2, 0) is 0 Å². The van der Waals surface area contributed by atoms with Gasteiger partial charge in [0.1, 0.15) is 11.6 Å². The van der Waals surface area contributed by atoms with Gasteiger partial charge in [0, 0.05) is 0 Å². The number of hydrogen-bond donors (Lipinski definition) is 2. The number of rotatable bonds is 1. The summed E-state index contributed by atoms with van der Waals surface area (Å²) in [5.74, 6) is -0.123. The van der Waals surface area contributed by atoms with Crippen LogP contribution in [0.15, 0.2) is 10.5 Å². The second kappa shape index (κ2) is 3.22. The van der Waals surface area contributed by atoms with E-state index < -0.39 is 6.43 Å². The van der Waals surface area contributed by atoms with E-state index in [1.165, 1.54) is 6.07 Å². The van der Waals surface area contributed by atoms with E-state index in [2.05, 4.69) is 20.9 Å². The summed E-state index contributed by atoms with van der Waals surface area (Å²) in [6.07, 6.45) is -2.63. The Morgan fingerprint density at radius 2 is 1.92 bits per heavy atom. The highest BCUT2D eigenvalue weighted by Gasteiger charge is 2.14. The lowest BCUT2D eigenvalue weighted by Crippen LogP contribution is -2.02. The van der Waals surface area contributed by atoms with Crippen LogP contribution in [0, 0.1) is 0 Å². The molecule has 1 heterocycles. The first kappa shape index (κ1) is 9.18. The zero-order valence-electron chi connectivity index (χ0n) is 5.89. The van der Waals surface area contributed by atoms with Crippen molar-refractivity contribution in [2.24, 2.45) is 0 Å². The Morgan fingerprint density at radius 3 is 2.42 bits per heavy atom. The lowest BCUT2D eigenvalue weighted by atomic mass is 10.2. The van der Waals surface area contributed by atoms with Gasteiger partial charge in [-0.25, -0.2) is 13.8 Å². The molecule has 0 atom stereocenters. The number of pyridine rings is 1. The van der Waals surface area contributed by atoms with Crippen LogP contribution in [0.1, 0.15) is 12.0 Å². The summed E-state index contributed by atoms with van der Waals surface area (Å²) in [5.41, 5.74) is 10.2. The summed E-state index contributed by atoms with van der Waals surface area (Å²) in [7, 11) is 0. The molecule has 0 aliphatic heterocycles. The molecule has 0 unspecified atom stereocenters. The molecule has 6 heteroatoms. The predicted molar refractivity (Wildman–Crippen MR) is 45.7 cm³/mol. The van der Waals surface area contributed by atoms with Crippen molar-refractivity contribution in [1.29, 1.82) is 0 Å². The highest BCUT2D eigenvalue weighted by Crippen LogP contribution is 2.29. The van der Waals surface area contributed by atoms with Gasteiger partial charge >= 0.3 is 0 Å². The molecule has 1 aromatic heterocycles. The van der Waals surface area contributed by atoms with Crippen LogP contribution in [0.4, 0.5) is 20.4 Å². The lowest BCUT2D eigenvalue weighted by Gasteiger charge is -2.05. The average molecular weight is 238 g/mol. The van der Waals surface area contributed by atoms with Crippen LogP contribution in [0.3, 0.4) is 0 Å². The van der Waals surface area contributed by atoms with Crippen molar-refractivity contribution in [3.8, 4) is 0 Å². The third kappa shape index (κ3) is 1.63. The van der Waals surface area contributed by atoms with Crippen molar-refractivity contribution in [2.75, 3.05) is 11.5 Å². The number of halogens is 3.